The van der Waals surface area contributed by atoms with Crippen molar-refractivity contribution in [2.24, 2.45) is 5.92 Å². The van der Waals surface area contributed by atoms with Crippen molar-refractivity contribution in [1.82, 2.24) is 0 Å². The fraction of sp³-hybridized carbons (Fsp3) is 0.625. The van der Waals surface area contributed by atoms with Gasteiger partial charge in [0.1, 0.15) is 0 Å². The van der Waals surface area contributed by atoms with Crippen molar-refractivity contribution in [2.45, 2.75) is 45.1 Å². The van der Waals surface area contributed by atoms with Gasteiger partial charge in [-0.25, -0.2) is 0 Å². The molecule has 2 rings (SSSR count). The van der Waals surface area contributed by atoms with Gasteiger partial charge in [-0.1, -0.05) is 38.0 Å². The number of hydrogen-bond acceptors (Lipinski definition) is 2. The van der Waals surface area contributed by atoms with Gasteiger partial charge in [0, 0.05) is 24.8 Å². The topological polar surface area (TPSA) is 23.5 Å². The molecule has 0 aliphatic heterocycles. The number of hydrogen-bond donors (Lipinski definition) is 1. The van der Waals surface area contributed by atoms with Crippen LogP contribution in [0.25, 0.3) is 0 Å². The maximum atomic E-state index is 10.1. The Kier molecular flexibility index (Phi) is 4.65. The van der Waals surface area contributed by atoms with E-state index in [2.05, 4.69) is 30.1 Å². The first-order valence-corrected chi connectivity index (χ1v) is 7.20. The lowest BCUT2D eigenvalue weighted by Crippen LogP contribution is -2.25. The van der Waals surface area contributed by atoms with Crippen molar-refractivity contribution in [3.63, 3.8) is 0 Å². The Hall–Kier alpha value is -1.02. The summed E-state index contributed by atoms with van der Waals surface area (Å²) in [6.45, 7) is 3.14. The Morgan fingerprint density at radius 2 is 1.94 bits per heavy atom. The van der Waals surface area contributed by atoms with Crippen LogP contribution in [0, 0.1) is 5.92 Å². The van der Waals surface area contributed by atoms with Crippen LogP contribution in [0.2, 0.25) is 0 Å². The van der Waals surface area contributed by atoms with Gasteiger partial charge < -0.3 is 10.0 Å². The highest BCUT2D eigenvalue weighted by Crippen LogP contribution is 2.31. The molecule has 1 saturated carbocycles. The van der Waals surface area contributed by atoms with Crippen molar-refractivity contribution in [3.05, 3.63) is 29.8 Å². The van der Waals surface area contributed by atoms with Crippen LogP contribution in [0.15, 0.2) is 24.3 Å². The summed E-state index contributed by atoms with van der Waals surface area (Å²) in [5.41, 5.74) is 2.26. The molecule has 1 aromatic carbocycles. The highest BCUT2D eigenvalue weighted by Gasteiger charge is 2.19. The van der Waals surface area contributed by atoms with E-state index in [1.54, 1.807) is 0 Å². The molecule has 1 aromatic rings. The lowest BCUT2D eigenvalue weighted by atomic mass is 10.0. The second-order valence-corrected chi connectivity index (χ2v) is 5.51. The number of para-hydroxylation sites is 1. The third-order valence-corrected chi connectivity index (χ3v) is 4.10. The van der Waals surface area contributed by atoms with Crippen LogP contribution in [0.4, 0.5) is 5.69 Å². The molecule has 0 saturated heterocycles. The molecule has 18 heavy (non-hydrogen) atoms. The van der Waals surface area contributed by atoms with Crippen LogP contribution < -0.4 is 4.90 Å². The quantitative estimate of drug-likeness (QED) is 0.856. The highest BCUT2D eigenvalue weighted by molar-refractivity contribution is 5.54. The Bertz CT molecular complexity index is 371. The van der Waals surface area contributed by atoms with Crippen LogP contribution in [0.1, 0.15) is 50.7 Å². The first kappa shape index (κ1) is 13.4. The average molecular weight is 247 g/mol. The Morgan fingerprint density at radius 1 is 1.28 bits per heavy atom. The minimum atomic E-state index is -0.341. The zero-order valence-electron chi connectivity index (χ0n) is 11.6. The Balaban J connectivity index is 2.10. The zero-order valence-corrected chi connectivity index (χ0v) is 11.6. The molecule has 2 heteroatoms. The van der Waals surface area contributed by atoms with E-state index in [4.69, 9.17) is 0 Å². The standard InChI is InChI=1S/C16H25NO/c1-3-16(18)14-10-6-7-11-15(14)17(2)12-13-8-4-5-9-13/h6-7,10-11,13,16,18H,3-5,8-9,12H2,1-2H3/t16-/m0/s1. The Morgan fingerprint density at radius 3 is 2.61 bits per heavy atom. The molecule has 100 valence electrons. The first-order valence-electron chi connectivity index (χ1n) is 7.20. The fourth-order valence-corrected chi connectivity index (χ4v) is 3.02. The van der Waals surface area contributed by atoms with Crippen LogP contribution >= 0.6 is 0 Å². The van der Waals surface area contributed by atoms with Gasteiger partial charge in [0.05, 0.1) is 6.10 Å². The van der Waals surface area contributed by atoms with Gasteiger partial charge in [-0.05, 0) is 31.2 Å². The van der Waals surface area contributed by atoms with E-state index in [9.17, 15) is 5.11 Å². The van der Waals surface area contributed by atoms with Crippen molar-refractivity contribution in [1.29, 1.82) is 0 Å². The number of aliphatic hydroxyl groups excluding tert-OH is 1. The molecule has 0 amide bonds. The lowest BCUT2D eigenvalue weighted by Gasteiger charge is -2.26. The molecule has 2 nitrogen and oxygen atoms in total. The van der Waals surface area contributed by atoms with Crippen molar-refractivity contribution < 1.29 is 5.11 Å². The van der Waals surface area contributed by atoms with Crippen LogP contribution in [0.3, 0.4) is 0 Å². The molecule has 0 heterocycles. The number of nitrogens with zero attached hydrogens (tertiary/aromatic N) is 1. The molecule has 0 spiro atoms. The SMILES string of the molecule is CC[C@H](O)c1ccccc1N(C)CC1CCCC1. The summed E-state index contributed by atoms with van der Waals surface area (Å²) in [5, 5.41) is 10.1. The molecule has 1 N–H and O–H groups in total. The maximum Gasteiger partial charge on any atom is 0.0807 e. The predicted octanol–water partition coefficient (Wildman–Crippen LogP) is 3.76. The molecule has 1 aliphatic carbocycles. The summed E-state index contributed by atoms with van der Waals surface area (Å²) >= 11 is 0. The van der Waals surface area contributed by atoms with Gasteiger partial charge in [0.2, 0.25) is 0 Å². The van der Waals surface area contributed by atoms with Crippen molar-refractivity contribution in [3.8, 4) is 0 Å². The molecule has 1 aliphatic rings. The normalized spacial score (nSPS) is 17.9. The zero-order chi connectivity index (χ0) is 13.0. The number of aliphatic hydroxyl groups is 1. The van der Waals surface area contributed by atoms with Gasteiger partial charge in [-0.3, -0.25) is 0 Å². The molecule has 1 fully saturated rings. The van der Waals surface area contributed by atoms with Crippen LogP contribution in [-0.2, 0) is 0 Å². The smallest absolute Gasteiger partial charge is 0.0807 e. The minimum Gasteiger partial charge on any atom is -0.388 e. The van der Waals surface area contributed by atoms with E-state index >= 15 is 0 Å². The first-order chi connectivity index (χ1) is 8.72. The summed E-state index contributed by atoms with van der Waals surface area (Å²) in [7, 11) is 2.15. The van der Waals surface area contributed by atoms with Gasteiger partial charge in [0.25, 0.3) is 0 Å². The Labute approximate surface area is 111 Å². The van der Waals surface area contributed by atoms with E-state index in [0.717, 1.165) is 24.4 Å². The summed E-state index contributed by atoms with van der Waals surface area (Å²) in [4.78, 5) is 2.32. The monoisotopic (exact) mass is 247 g/mol. The second kappa shape index (κ2) is 6.24. The van der Waals surface area contributed by atoms with E-state index in [0.29, 0.717) is 0 Å². The molecular weight excluding hydrogens is 222 g/mol. The molecule has 0 unspecified atom stereocenters. The maximum absolute atomic E-state index is 10.1. The van der Waals surface area contributed by atoms with Crippen LogP contribution in [0.5, 0.6) is 0 Å². The summed E-state index contributed by atoms with van der Waals surface area (Å²) in [6.07, 6.45) is 5.93. The van der Waals surface area contributed by atoms with Gasteiger partial charge in [-0.15, -0.1) is 0 Å². The third-order valence-electron chi connectivity index (χ3n) is 4.10. The second-order valence-electron chi connectivity index (χ2n) is 5.51. The minimum absolute atomic E-state index is 0.341. The van der Waals surface area contributed by atoms with E-state index in [1.807, 2.05) is 13.0 Å². The van der Waals surface area contributed by atoms with Gasteiger partial charge >= 0.3 is 0 Å². The van der Waals surface area contributed by atoms with Gasteiger partial charge in [-0.2, -0.15) is 0 Å². The van der Waals surface area contributed by atoms with E-state index < -0.39 is 0 Å². The highest BCUT2D eigenvalue weighted by atomic mass is 16.3. The molecule has 0 aromatic heterocycles. The third kappa shape index (κ3) is 3.05. The largest absolute Gasteiger partial charge is 0.388 e. The molecular formula is C16H25NO. The average Bonchev–Trinajstić information content (AvgIpc) is 2.90. The fourth-order valence-electron chi connectivity index (χ4n) is 3.02. The summed E-state index contributed by atoms with van der Waals surface area (Å²) in [6, 6.07) is 8.26. The number of anilines is 1. The van der Waals surface area contributed by atoms with Crippen molar-refractivity contribution in [2.75, 3.05) is 18.5 Å². The summed E-state index contributed by atoms with van der Waals surface area (Å²) in [5.74, 6) is 0.835. The van der Waals surface area contributed by atoms with E-state index in [1.165, 1.54) is 31.4 Å². The molecule has 0 bridgehead atoms. The van der Waals surface area contributed by atoms with Crippen molar-refractivity contribution >= 4 is 5.69 Å². The number of rotatable bonds is 5. The predicted molar refractivity (Wildman–Crippen MR) is 76.9 cm³/mol. The van der Waals surface area contributed by atoms with Crippen LogP contribution in [-0.4, -0.2) is 18.7 Å². The molecule has 0 radical (unpaired) electrons. The van der Waals surface area contributed by atoms with Gasteiger partial charge in [0.15, 0.2) is 0 Å². The number of benzene rings is 1. The summed E-state index contributed by atoms with van der Waals surface area (Å²) < 4.78 is 0. The van der Waals surface area contributed by atoms with E-state index in [-0.39, 0.29) is 6.10 Å². The molecule has 1 atom stereocenters. The lowest BCUT2D eigenvalue weighted by molar-refractivity contribution is 0.174.